The van der Waals surface area contributed by atoms with Gasteiger partial charge in [-0.1, -0.05) is 0 Å². The van der Waals surface area contributed by atoms with Crippen LogP contribution in [-0.2, 0) is 66.3 Å². The van der Waals surface area contributed by atoms with Gasteiger partial charge in [0.05, 0.1) is 0 Å². The molecule has 0 spiro atoms. The maximum absolute atomic E-state index is 10.7. The molecule has 25 heteroatoms. The SMILES string of the molecule is CC1OC(=O)C(C)OC1=O.CC1OC(=O)C(C)OC1=O.CC1OC(=O)C(C)OC1=O.O=P([O-])([O-])[O-].O=P([O-])([O-])[O-].[Ca+2].[Ca+2].[Ca+2]. The predicted molar refractivity (Wildman–Crippen MR) is 126 cm³/mol. The van der Waals surface area contributed by atoms with E-state index in [0.29, 0.717) is 0 Å². The van der Waals surface area contributed by atoms with Crippen LogP contribution in [0.2, 0.25) is 0 Å². The Morgan fingerprint density at radius 2 is 0.442 bits per heavy atom. The first-order chi connectivity index (χ1) is 17.8. The van der Waals surface area contributed by atoms with E-state index in [-0.39, 0.29) is 113 Å². The van der Waals surface area contributed by atoms with Gasteiger partial charge in [0.1, 0.15) is 0 Å². The summed E-state index contributed by atoms with van der Waals surface area (Å²) in [5.74, 6) is -2.88. The van der Waals surface area contributed by atoms with Gasteiger partial charge in [-0.15, -0.1) is 0 Å². The number of rotatable bonds is 0. The number of hydrogen-bond donors (Lipinski definition) is 0. The van der Waals surface area contributed by atoms with Gasteiger partial charge < -0.3 is 66.9 Å². The van der Waals surface area contributed by atoms with Gasteiger partial charge in [0.2, 0.25) is 0 Å². The second-order valence-corrected chi connectivity index (χ2v) is 9.16. The number of phosphoric acid groups is 2. The van der Waals surface area contributed by atoms with Crippen LogP contribution < -0.4 is 29.4 Å². The number of cyclic esters (lactones) is 6. The maximum atomic E-state index is 10.7. The molecule has 0 bridgehead atoms. The Bertz CT molecular complexity index is 837. The Kier molecular flexibility index (Phi) is 30.9. The summed E-state index contributed by atoms with van der Waals surface area (Å²) in [7, 11) is -10.8. The van der Waals surface area contributed by atoms with Crippen LogP contribution in [-0.4, -0.2) is 186 Å². The molecule has 3 rings (SSSR count). The minimum absolute atomic E-state index is 0. The minimum Gasteiger partial charge on any atom is -0.822 e. The Morgan fingerprint density at radius 1 is 0.372 bits per heavy atom. The summed E-state index contributed by atoms with van der Waals surface area (Å²) >= 11 is 0. The van der Waals surface area contributed by atoms with Gasteiger partial charge in [-0.05, 0) is 41.5 Å². The van der Waals surface area contributed by atoms with Crippen LogP contribution in [0.4, 0.5) is 0 Å². The first-order valence-electron chi connectivity index (χ1n) is 10.5. The van der Waals surface area contributed by atoms with E-state index >= 15 is 0 Å². The first kappa shape index (κ1) is 53.3. The summed E-state index contributed by atoms with van der Waals surface area (Å²) in [4.78, 5) is 115. The van der Waals surface area contributed by atoms with Crippen molar-refractivity contribution in [1.29, 1.82) is 0 Å². The van der Waals surface area contributed by atoms with Crippen LogP contribution in [0.15, 0.2) is 0 Å². The second kappa shape index (κ2) is 24.9. The molecule has 6 atom stereocenters. The van der Waals surface area contributed by atoms with Crippen LogP contribution in [0.5, 0.6) is 0 Å². The zero-order valence-electron chi connectivity index (χ0n) is 23.6. The number of carbonyl (C=O) groups excluding carboxylic acids is 6. The standard InChI is InChI=1S/3C6H8O4.3Ca.2H3O4P/c3*1-3-5(7)10-4(2)6(8)9-3;;;;2*1-5(2,3)4/h3*3-4H,1-2H3;;;;2*(H3,1,2,3,4)/q;;;3*+2;;/p-6. The zero-order chi connectivity index (χ0) is 32.2. The summed E-state index contributed by atoms with van der Waals surface area (Å²) in [6.45, 7) is 8.87. The van der Waals surface area contributed by atoms with Gasteiger partial charge in [0.15, 0.2) is 36.6 Å². The van der Waals surface area contributed by atoms with Crippen LogP contribution >= 0.6 is 15.6 Å². The van der Waals surface area contributed by atoms with E-state index in [1.165, 1.54) is 41.5 Å². The third kappa shape index (κ3) is 29.9. The molecule has 0 aromatic rings. The van der Waals surface area contributed by atoms with Crippen LogP contribution in [0.1, 0.15) is 41.5 Å². The summed E-state index contributed by atoms with van der Waals surface area (Å²) in [5, 5.41) is 0. The largest absolute Gasteiger partial charge is 2.00 e. The third-order valence-corrected chi connectivity index (χ3v) is 3.75. The van der Waals surface area contributed by atoms with E-state index in [0.717, 1.165) is 0 Å². The average Bonchev–Trinajstić information content (AvgIpc) is 2.74. The molecular formula is C18H24Ca3O20P2. The number of esters is 6. The summed E-state index contributed by atoms with van der Waals surface area (Å²) < 4.78 is 44.7. The van der Waals surface area contributed by atoms with E-state index < -0.39 is 88.1 Å². The molecule has 3 heterocycles. The first-order valence-corrected chi connectivity index (χ1v) is 13.4. The van der Waals surface area contributed by atoms with Crippen LogP contribution in [0.3, 0.4) is 0 Å². The van der Waals surface area contributed by atoms with Crippen LogP contribution in [0.25, 0.3) is 0 Å². The summed E-state index contributed by atoms with van der Waals surface area (Å²) in [5.41, 5.74) is 0. The van der Waals surface area contributed by atoms with E-state index in [2.05, 4.69) is 28.4 Å². The van der Waals surface area contributed by atoms with Crippen molar-refractivity contribution in [3.05, 3.63) is 0 Å². The second-order valence-electron chi connectivity index (χ2n) is 7.37. The molecule has 0 N–H and O–H groups in total. The van der Waals surface area contributed by atoms with Gasteiger partial charge in [-0.3, -0.25) is 0 Å². The van der Waals surface area contributed by atoms with Crippen LogP contribution in [0, 0.1) is 0 Å². The van der Waals surface area contributed by atoms with Gasteiger partial charge in [0, 0.05) is 0 Å². The average molecular weight is 743 g/mol. The van der Waals surface area contributed by atoms with E-state index in [9.17, 15) is 28.8 Å². The number of ether oxygens (including phenoxy) is 6. The van der Waals surface area contributed by atoms with Crippen molar-refractivity contribution in [2.24, 2.45) is 0 Å². The Balaban J connectivity index is -0.000000142. The quantitative estimate of drug-likeness (QED) is 0.0962. The van der Waals surface area contributed by atoms with Gasteiger partial charge in [-0.2, -0.15) is 15.6 Å². The Labute approximate surface area is 334 Å². The monoisotopic (exact) mass is 742 g/mol. The minimum atomic E-state index is -5.39. The molecule has 3 aliphatic heterocycles. The topological polar surface area (TPSA) is 330 Å². The molecule has 232 valence electrons. The molecule has 0 aromatic heterocycles. The normalized spacial score (nSPS) is 25.8. The Morgan fingerprint density at radius 3 is 0.512 bits per heavy atom. The van der Waals surface area contributed by atoms with Gasteiger partial charge in [0.25, 0.3) is 0 Å². The molecule has 0 radical (unpaired) electrons. The van der Waals surface area contributed by atoms with E-state index in [1.54, 1.807) is 0 Å². The smallest absolute Gasteiger partial charge is 0.822 e. The molecule has 3 aliphatic rings. The van der Waals surface area contributed by atoms with Crippen molar-refractivity contribution in [1.82, 2.24) is 0 Å². The van der Waals surface area contributed by atoms with E-state index in [4.69, 9.17) is 38.5 Å². The number of carbonyl (C=O) groups is 6. The van der Waals surface area contributed by atoms with Crippen molar-refractivity contribution in [3.63, 3.8) is 0 Å². The molecule has 20 nitrogen and oxygen atoms in total. The molecule has 6 unspecified atom stereocenters. The van der Waals surface area contributed by atoms with Crippen molar-refractivity contribution < 1.29 is 95.7 Å². The molecule has 0 aromatic carbocycles. The summed E-state index contributed by atoms with van der Waals surface area (Å²) in [6, 6.07) is 0. The van der Waals surface area contributed by atoms with Gasteiger partial charge >= 0.3 is 149 Å². The third-order valence-electron chi connectivity index (χ3n) is 3.75. The fourth-order valence-corrected chi connectivity index (χ4v) is 1.91. The predicted octanol–water partition coefficient (Wildman–Crippen LogP) is -7.20. The zero-order valence-corrected chi connectivity index (χ0v) is 32.1. The Hall–Kier alpha value is 0.819. The maximum Gasteiger partial charge on any atom is 2.00 e. The molecule has 0 saturated carbocycles. The van der Waals surface area contributed by atoms with Crippen molar-refractivity contribution in [2.45, 2.75) is 78.2 Å². The van der Waals surface area contributed by atoms with E-state index in [1.807, 2.05) is 0 Å². The van der Waals surface area contributed by atoms with Crippen molar-refractivity contribution >= 4 is 165 Å². The molecular weight excluding hydrogens is 718 g/mol. The van der Waals surface area contributed by atoms with Gasteiger partial charge in [-0.25, -0.2) is 28.8 Å². The van der Waals surface area contributed by atoms with Crippen molar-refractivity contribution in [2.75, 3.05) is 0 Å². The fourth-order valence-electron chi connectivity index (χ4n) is 1.91. The van der Waals surface area contributed by atoms with Crippen molar-refractivity contribution in [3.8, 4) is 0 Å². The molecule has 0 aliphatic carbocycles. The number of hydrogen-bond acceptors (Lipinski definition) is 20. The fraction of sp³-hybridized carbons (Fsp3) is 0.667. The summed E-state index contributed by atoms with van der Waals surface area (Å²) in [6.07, 6.45) is -4.48. The molecule has 3 saturated heterocycles. The molecule has 0 amide bonds. The molecule has 43 heavy (non-hydrogen) atoms. The molecule has 3 fully saturated rings.